The van der Waals surface area contributed by atoms with Crippen molar-refractivity contribution in [2.45, 2.75) is 154 Å². The van der Waals surface area contributed by atoms with E-state index in [4.69, 9.17) is 18.9 Å². The highest BCUT2D eigenvalue weighted by molar-refractivity contribution is 7.19. The molecule has 10 heterocycles. The molecule has 4 fully saturated rings. The summed E-state index contributed by atoms with van der Waals surface area (Å²) < 4.78 is 78.0. The minimum atomic E-state index is -2.97. The number of hydrogen-bond donors (Lipinski definition) is 0. The molecule has 2 saturated heterocycles. The minimum Gasteiger partial charge on any atom is -0.444 e. The zero-order valence-corrected chi connectivity index (χ0v) is 45.0. The average Bonchev–Trinajstić information content (AvgIpc) is 3.96. The lowest BCUT2D eigenvalue weighted by molar-refractivity contribution is -0.0498. The first-order valence-electron chi connectivity index (χ1n) is 25.4. The van der Waals surface area contributed by atoms with Gasteiger partial charge in [-0.05, 0) is 143 Å². The number of thiophene rings is 2. The number of imidazole rings is 2. The van der Waals surface area contributed by atoms with Gasteiger partial charge in [-0.2, -0.15) is 27.8 Å². The molecule has 2 amide bonds. The number of hydrogen-bond acceptors (Lipinski definition) is 14. The van der Waals surface area contributed by atoms with E-state index in [0.29, 0.717) is 58.8 Å². The van der Waals surface area contributed by atoms with Crippen LogP contribution in [0.1, 0.15) is 126 Å². The summed E-state index contributed by atoms with van der Waals surface area (Å²) >= 11 is 3.38. The van der Waals surface area contributed by atoms with Gasteiger partial charge >= 0.3 is 25.4 Å². The number of fused-ring (bicyclic) bond motifs is 4. The highest BCUT2D eigenvalue weighted by Crippen LogP contribution is 2.55. The van der Waals surface area contributed by atoms with Gasteiger partial charge in [-0.3, -0.25) is 9.97 Å². The standard InChI is InChI=1S/2C27H29F2N5O3S/c2*1-15-14-34-23(31-15)20(36-24(28)29)10-18(32-34)17-9-22-19(30-13-17)11-21(38-22)16-5-8-33(27(12-16)6-7-27)25(35)37-26(2,3)4/h2*9-11,13-14,16,24H,5-8,12H2,1-4H3/t16-;/m0./s1. The third-order valence-corrected chi connectivity index (χ3v) is 16.8. The summed E-state index contributed by atoms with van der Waals surface area (Å²) in [6, 6.07) is 11.2. The lowest BCUT2D eigenvalue weighted by Gasteiger charge is -2.40. The van der Waals surface area contributed by atoms with Crippen LogP contribution in [0, 0.1) is 13.8 Å². The number of alkyl halides is 4. The van der Waals surface area contributed by atoms with Crippen LogP contribution in [-0.4, -0.2) is 110 Å². The molecule has 16 nitrogen and oxygen atoms in total. The van der Waals surface area contributed by atoms with Crippen LogP contribution in [-0.2, 0) is 9.47 Å². The van der Waals surface area contributed by atoms with Crippen LogP contribution in [0.5, 0.6) is 11.5 Å². The Morgan fingerprint density at radius 1 is 0.618 bits per heavy atom. The number of likely N-dealkylation sites (tertiary alicyclic amines) is 2. The Balaban J connectivity index is 0.000000162. The average molecular weight is 1080 g/mol. The first-order chi connectivity index (χ1) is 36.0. The van der Waals surface area contributed by atoms with Crippen LogP contribution in [0.2, 0.25) is 0 Å². The molecule has 76 heavy (non-hydrogen) atoms. The lowest BCUT2D eigenvalue weighted by Crippen LogP contribution is -2.49. The van der Waals surface area contributed by atoms with Gasteiger partial charge in [0.1, 0.15) is 11.2 Å². The largest absolute Gasteiger partial charge is 0.444 e. The zero-order valence-electron chi connectivity index (χ0n) is 43.4. The molecule has 2 aliphatic carbocycles. The Kier molecular flexibility index (Phi) is 12.9. The number of halogens is 4. The van der Waals surface area contributed by atoms with Gasteiger partial charge in [0.25, 0.3) is 0 Å². The number of amides is 2. The molecule has 4 aliphatic rings. The number of piperidine rings is 2. The molecule has 8 aromatic heterocycles. The van der Waals surface area contributed by atoms with Gasteiger partial charge in [-0.1, -0.05) is 0 Å². The third kappa shape index (κ3) is 10.6. The maximum absolute atomic E-state index is 13.1. The second-order valence-corrected chi connectivity index (χ2v) is 24.7. The van der Waals surface area contributed by atoms with Crippen LogP contribution in [0.25, 0.3) is 54.2 Å². The van der Waals surface area contributed by atoms with E-state index in [1.54, 1.807) is 61.3 Å². The van der Waals surface area contributed by atoms with Crippen molar-refractivity contribution in [1.82, 2.24) is 49.0 Å². The summed E-state index contributed by atoms with van der Waals surface area (Å²) in [4.78, 5) is 49.8. The van der Waals surface area contributed by atoms with Gasteiger partial charge < -0.3 is 28.7 Å². The third-order valence-electron chi connectivity index (χ3n) is 14.3. The number of ether oxygens (including phenoxy) is 4. The van der Waals surface area contributed by atoms with Crippen molar-refractivity contribution < 1.29 is 46.1 Å². The quantitative estimate of drug-likeness (QED) is 0.133. The molecule has 2 spiro atoms. The fourth-order valence-corrected chi connectivity index (χ4v) is 13.0. The van der Waals surface area contributed by atoms with Crippen LogP contribution >= 0.6 is 22.7 Å². The van der Waals surface area contributed by atoms with E-state index >= 15 is 0 Å². The minimum absolute atomic E-state index is 0.0310. The smallest absolute Gasteiger partial charge is 0.410 e. The van der Waals surface area contributed by atoms with Gasteiger partial charge in [0.15, 0.2) is 22.8 Å². The second-order valence-electron chi connectivity index (χ2n) is 22.4. The number of nitrogens with zero attached hydrogens (tertiary/aromatic N) is 10. The molecule has 0 bridgehead atoms. The highest BCUT2D eigenvalue weighted by atomic mass is 32.1. The van der Waals surface area contributed by atoms with Crippen molar-refractivity contribution in [2.24, 2.45) is 0 Å². The number of pyridine rings is 2. The summed E-state index contributed by atoms with van der Waals surface area (Å²) in [6.07, 6.45) is 13.9. The van der Waals surface area contributed by atoms with Gasteiger partial charge in [-0.15, -0.1) is 22.7 Å². The number of carbonyl (C=O) groups excluding carboxylic acids is 2. The first-order valence-corrected chi connectivity index (χ1v) is 27.1. The molecule has 2 saturated carbocycles. The Bertz CT molecular complexity index is 3310. The maximum Gasteiger partial charge on any atom is 0.410 e. The molecule has 12 rings (SSSR count). The predicted molar refractivity (Wildman–Crippen MR) is 280 cm³/mol. The molecule has 400 valence electrons. The molecule has 2 aliphatic heterocycles. The molecule has 0 radical (unpaired) electrons. The van der Waals surface area contributed by atoms with Gasteiger partial charge in [0.05, 0.1) is 55.6 Å². The number of rotatable bonds is 8. The molecule has 8 aromatic rings. The molecule has 2 atom stereocenters. The van der Waals surface area contributed by atoms with Crippen LogP contribution in [0.15, 0.2) is 61.2 Å². The van der Waals surface area contributed by atoms with Crippen molar-refractivity contribution in [2.75, 3.05) is 13.1 Å². The Morgan fingerprint density at radius 3 is 1.37 bits per heavy atom. The van der Waals surface area contributed by atoms with E-state index in [2.05, 4.69) is 42.3 Å². The second kappa shape index (κ2) is 19.1. The summed E-state index contributed by atoms with van der Waals surface area (Å²) in [7, 11) is 0. The summed E-state index contributed by atoms with van der Waals surface area (Å²) in [5.74, 6) is 0.620. The van der Waals surface area contributed by atoms with Crippen LogP contribution in [0.3, 0.4) is 0 Å². The topological polar surface area (TPSA) is 164 Å². The number of aromatic nitrogens is 8. The number of aryl methyl sites for hydroxylation is 2. The van der Waals surface area contributed by atoms with Gasteiger partial charge in [0, 0.05) is 69.6 Å². The Morgan fingerprint density at radius 2 is 1.01 bits per heavy atom. The van der Waals surface area contributed by atoms with Gasteiger partial charge in [-0.25, -0.2) is 28.6 Å². The molecule has 0 N–H and O–H groups in total. The van der Waals surface area contributed by atoms with Crippen molar-refractivity contribution in [3.05, 3.63) is 82.3 Å². The van der Waals surface area contributed by atoms with Crippen LogP contribution < -0.4 is 9.47 Å². The summed E-state index contributed by atoms with van der Waals surface area (Å²) in [5, 5.41) is 9.12. The highest BCUT2D eigenvalue weighted by Gasteiger charge is 2.56. The Labute approximate surface area is 443 Å². The van der Waals surface area contributed by atoms with Crippen molar-refractivity contribution >= 4 is 66.6 Å². The van der Waals surface area contributed by atoms with Crippen molar-refractivity contribution in [1.29, 1.82) is 0 Å². The van der Waals surface area contributed by atoms with E-state index in [1.807, 2.05) is 63.5 Å². The summed E-state index contributed by atoms with van der Waals surface area (Å²) in [5.41, 5.74) is 4.66. The van der Waals surface area contributed by atoms with Crippen molar-refractivity contribution in [3.8, 4) is 34.0 Å². The van der Waals surface area contributed by atoms with E-state index in [1.165, 1.54) is 30.9 Å². The van der Waals surface area contributed by atoms with E-state index in [0.717, 1.165) is 71.8 Å². The van der Waals surface area contributed by atoms with E-state index in [9.17, 15) is 27.2 Å². The van der Waals surface area contributed by atoms with Crippen LogP contribution in [0.4, 0.5) is 27.2 Å². The fourth-order valence-electron chi connectivity index (χ4n) is 10.6. The lowest BCUT2D eigenvalue weighted by atomic mass is 9.88. The maximum atomic E-state index is 13.1. The Hall–Kier alpha value is -6.68. The SMILES string of the molecule is Cc1cn2nc(-c3cnc4cc(C5CCN(C(=O)OC(C)(C)C)C6(CC6)C5)sc4c3)cc(OC(F)F)c2n1.Cc1cn2nc(-c3cnc4cc([C@H]5CCN(C(=O)OC(C)(C)C)C6(CC6)C5)sc4c3)cc(OC(F)F)c2n1. The van der Waals surface area contributed by atoms with E-state index in [-0.39, 0.29) is 46.1 Å². The summed E-state index contributed by atoms with van der Waals surface area (Å²) in [6.45, 7) is 10.3. The predicted octanol–water partition coefficient (Wildman–Crippen LogP) is 13.1. The van der Waals surface area contributed by atoms with E-state index < -0.39 is 24.4 Å². The monoisotopic (exact) mass is 1080 g/mol. The van der Waals surface area contributed by atoms with Crippen molar-refractivity contribution in [3.63, 3.8) is 0 Å². The first kappa shape index (κ1) is 51.4. The molecule has 0 aromatic carbocycles. The molecular weight excluding hydrogens is 1020 g/mol. The molecule has 22 heteroatoms. The molecule has 1 unspecified atom stereocenters. The number of carbonyl (C=O) groups is 2. The zero-order chi connectivity index (χ0) is 53.6. The normalized spacial score (nSPS) is 19.0. The fraction of sp³-hybridized carbons (Fsp3) is 0.481. The van der Waals surface area contributed by atoms with Gasteiger partial charge in [0.2, 0.25) is 0 Å². The molecular formula is C54H58F4N10O6S2.